The smallest absolute Gasteiger partial charge is 0.416 e. The zero-order valence-corrected chi connectivity index (χ0v) is 17.3. The maximum absolute atomic E-state index is 12.8. The van der Waals surface area contributed by atoms with Crippen molar-refractivity contribution in [3.05, 3.63) is 35.4 Å². The topological polar surface area (TPSA) is 98.6 Å². The number of phenolic OH excluding ortho intramolecular Hbond substituents is 1. The van der Waals surface area contributed by atoms with Crippen LogP contribution in [0.5, 0.6) is 5.75 Å². The Kier molecular flexibility index (Phi) is 6.68. The van der Waals surface area contributed by atoms with Gasteiger partial charge in [-0.25, -0.2) is 0 Å². The van der Waals surface area contributed by atoms with E-state index in [-0.39, 0.29) is 24.1 Å². The molecule has 1 aromatic heterocycles. The van der Waals surface area contributed by atoms with Gasteiger partial charge in [0.2, 0.25) is 0 Å². The minimum Gasteiger partial charge on any atom is -0.507 e. The van der Waals surface area contributed by atoms with Gasteiger partial charge < -0.3 is 15.5 Å². The highest BCUT2D eigenvalue weighted by molar-refractivity contribution is 5.70. The number of piperidine rings is 1. The van der Waals surface area contributed by atoms with Gasteiger partial charge in [-0.05, 0) is 63.1 Å². The quantitative estimate of drug-likeness (QED) is 0.629. The van der Waals surface area contributed by atoms with Gasteiger partial charge in [0.25, 0.3) is 0 Å². The van der Waals surface area contributed by atoms with E-state index in [4.69, 9.17) is 5.11 Å². The molecule has 31 heavy (non-hydrogen) atoms. The van der Waals surface area contributed by atoms with E-state index in [0.29, 0.717) is 29.7 Å². The Morgan fingerprint density at radius 1 is 1.32 bits per heavy atom. The molecule has 1 saturated heterocycles. The van der Waals surface area contributed by atoms with E-state index in [2.05, 4.69) is 20.4 Å². The van der Waals surface area contributed by atoms with Crippen molar-refractivity contribution in [3.63, 3.8) is 0 Å². The van der Waals surface area contributed by atoms with Gasteiger partial charge >= 0.3 is 12.1 Å². The summed E-state index contributed by atoms with van der Waals surface area (Å²) in [6, 6.07) is 4.50. The van der Waals surface area contributed by atoms with Crippen LogP contribution in [0.25, 0.3) is 11.3 Å². The molecule has 0 amide bonds. The zero-order valence-electron chi connectivity index (χ0n) is 17.3. The number of aliphatic carboxylic acids is 1. The first-order valence-corrected chi connectivity index (χ1v) is 10.0. The van der Waals surface area contributed by atoms with Crippen molar-refractivity contribution in [2.24, 2.45) is 0 Å². The fraction of sp³-hybridized carbons (Fsp3) is 0.476. The number of benzene rings is 1. The average molecular weight is 438 g/mol. The summed E-state index contributed by atoms with van der Waals surface area (Å²) in [5, 5.41) is 30.6. The number of anilines is 1. The molecule has 3 rings (SSSR count). The first-order chi connectivity index (χ1) is 14.5. The lowest BCUT2D eigenvalue weighted by molar-refractivity contribution is -0.139. The lowest BCUT2D eigenvalue weighted by Gasteiger charge is -2.36. The van der Waals surface area contributed by atoms with Crippen LogP contribution >= 0.6 is 0 Å². The third-order valence-electron chi connectivity index (χ3n) is 5.46. The number of likely N-dealkylation sites (tertiary alicyclic amines) is 1. The van der Waals surface area contributed by atoms with Crippen LogP contribution < -0.4 is 5.32 Å². The molecule has 2 heterocycles. The number of halogens is 3. The second-order valence-corrected chi connectivity index (χ2v) is 7.92. The Morgan fingerprint density at radius 3 is 2.68 bits per heavy atom. The molecule has 1 aliphatic heterocycles. The molecular weight excluding hydrogens is 413 g/mol. The van der Waals surface area contributed by atoms with Gasteiger partial charge in [0, 0.05) is 24.2 Å². The SMILES string of the molecule is Cc1cc(NC2CCCN(C(C)CC(=O)O)C2)nnc1-c1ccc(C(F)(F)F)cc1O. The summed E-state index contributed by atoms with van der Waals surface area (Å²) in [7, 11) is 0. The number of hydrogen-bond acceptors (Lipinski definition) is 6. The summed E-state index contributed by atoms with van der Waals surface area (Å²) >= 11 is 0. The third kappa shape index (κ3) is 5.63. The molecule has 168 valence electrons. The number of aryl methyl sites for hydroxylation is 1. The minimum atomic E-state index is -4.54. The van der Waals surface area contributed by atoms with E-state index >= 15 is 0 Å². The molecule has 1 aliphatic rings. The molecular formula is C21H25F3N4O3. The van der Waals surface area contributed by atoms with Crippen LogP contribution in [-0.2, 0) is 11.0 Å². The van der Waals surface area contributed by atoms with Crippen molar-refractivity contribution in [1.29, 1.82) is 0 Å². The van der Waals surface area contributed by atoms with Crippen LogP contribution in [0.3, 0.4) is 0 Å². The van der Waals surface area contributed by atoms with Crippen LogP contribution in [0.4, 0.5) is 19.0 Å². The maximum Gasteiger partial charge on any atom is 0.416 e. The number of hydrogen-bond donors (Lipinski definition) is 3. The largest absolute Gasteiger partial charge is 0.507 e. The number of nitrogens with one attached hydrogen (secondary N) is 1. The fourth-order valence-electron chi connectivity index (χ4n) is 3.85. The molecule has 0 saturated carbocycles. The summed E-state index contributed by atoms with van der Waals surface area (Å²) in [6.07, 6.45) is -2.64. The van der Waals surface area contributed by atoms with Crippen molar-refractivity contribution in [3.8, 4) is 17.0 Å². The van der Waals surface area contributed by atoms with E-state index in [1.807, 2.05) is 6.92 Å². The van der Waals surface area contributed by atoms with Gasteiger partial charge in [-0.2, -0.15) is 13.2 Å². The van der Waals surface area contributed by atoms with Crippen molar-refractivity contribution >= 4 is 11.8 Å². The van der Waals surface area contributed by atoms with E-state index in [1.54, 1.807) is 13.0 Å². The second kappa shape index (κ2) is 9.09. The number of phenols is 1. The first kappa shape index (κ1) is 22.8. The number of rotatable bonds is 6. The van der Waals surface area contributed by atoms with Crippen LogP contribution in [-0.4, -0.2) is 56.5 Å². The highest BCUT2D eigenvalue weighted by Gasteiger charge is 2.31. The second-order valence-electron chi connectivity index (χ2n) is 7.92. The minimum absolute atomic E-state index is 0.0695. The molecule has 7 nitrogen and oxygen atoms in total. The number of aromatic nitrogens is 2. The number of carboxylic acid groups (broad SMARTS) is 1. The molecule has 2 aromatic rings. The fourth-order valence-corrected chi connectivity index (χ4v) is 3.85. The number of aromatic hydroxyl groups is 1. The van der Waals surface area contributed by atoms with Crippen molar-refractivity contribution in [2.45, 2.75) is 51.4 Å². The predicted molar refractivity (Wildman–Crippen MR) is 109 cm³/mol. The number of carboxylic acids is 1. The van der Waals surface area contributed by atoms with Gasteiger partial charge in [-0.1, -0.05) is 0 Å². The maximum atomic E-state index is 12.8. The van der Waals surface area contributed by atoms with Crippen LogP contribution in [0, 0.1) is 6.92 Å². The zero-order chi connectivity index (χ0) is 22.8. The van der Waals surface area contributed by atoms with E-state index in [9.17, 15) is 23.1 Å². The standard InChI is InChI=1S/C21H25F3N4O3/c1-12-8-18(25-15-4-3-7-28(11-15)13(2)9-19(30)31)26-27-20(12)16-6-5-14(10-17(16)29)21(22,23)24/h5-6,8,10,13,15,29H,3-4,7,9,11H2,1-2H3,(H,25,26)(H,30,31). The van der Waals surface area contributed by atoms with E-state index in [0.717, 1.165) is 25.5 Å². The summed E-state index contributed by atoms with van der Waals surface area (Å²) < 4.78 is 38.4. The Bertz CT molecular complexity index is 952. The molecule has 10 heteroatoms. The monoisotopic (exact) mass is 438 g/mol. The van der Waals surface area contributed by atoms with Gasteiger partial charge in [-0.3, -0.25) is 9.69 Å². The predicted octanol–water partition coefficient (Wildman–Crippen LogP) is 3.92. The molecule has 3 N–H and O–H groups in total. The van der Waals surface area contributed by atoms with Crippen molar-refractivity contribution < 1.29 is 28.2 Å². The Morgan fingerprint density at radius 2 is 2.06 bits per heavy atom. The van der Waals surface area contributed by atoms with E-state index in [1.165, 1.54) is 6.07 Å². The number of nitrogens with zero attached hydrogens (tertiary/aromatic N) is 3. The first-order valence-electron chi connectivity index (χ1n) is 10.0. The molecule has 0 radical (unpaired) electrons. The lowest BCUT2D eigenvalue weighted by atomic mass is 10.0. The third-order valence-corrected chi connectivity index (χ3v) is 5.46. The van der Waals surface area contributed by atoms with Crippen LogP contribution in [0.15, 0.2) is 24.3 Å². The summed E-state index contributed by atoms with van der Waals surface area (Å²) in [4.78, 5) is 13.1. The summed E-state index contributed by atoms with van der Waals surface area (Å²) in [5.74, 6) is -0.820. The molecule has 0 aliphatic carbocycles. The van der Waals surface area contributed by atoms with Gasteiger partial charge in [0.05, 0.1) is 17.7 Å². The molecule has 2 unspecified atom stereocenters. The Labute approximate surface area is 177 Å². The summed E-state index contributed by atoms with van der Waals surface area (Å²) in [6.45, 7) is 5.15. The molecule has 0 bridgehead atoms. The number of carbonyl (C=O) groups is 1. The van der Waals surface area contributed by atoms with Crippen LogP contribution in [0.2, 0.25) is 0 Å². The van der Waals surface area contributed by atoms with Gasteiger partial charge in [0.1, 0.15) is 11.6 Å². The van der Waals surface area contributed by atoms with Gasteiger partial charge in [-0.15, -0.1) is 10.2 Å². The normalized spacial score (nSPS) is 18.5. The molecule has 1 fully saturated rings. The van der Waals surface area contributed by atoms with Gasteiger partial charge in [0.15, 0.2) is 0 Å². The Balaban J connectivity index is 1.72. The molecule has 1 aromatic carbocycles. The molecule has 2 atom stereocenters. The molecule has 0 spiro atoms. The highest BCUT2D eigenvalue weighted by atomic mass is 19.4. The van der Waals surface area contributed by atoms with E-state index < -0.39 is 23.5 Å². The summed E-state index contributed by atoms with van der Waals surface area (Å²) in [5.41, 5.74) is 0.198. The van der Waals surface area contributed by atoms with Crippen molar-refractivity contribution in [1.82, 2.24) is 15.1 Å². The number of alkyl halides is 3. The Hall–Kier alpha value is -2.88. The average Bonchev–Trinajstić information content (AvgIpc) is 2.67. The highest BCUT2D eigenvalue weighted by Crippen LogP contribution is 2.36. The van der Waals surface area contributed by atoms with Crippen molar-refractivity contribution in [2.75, 3.05) is 18.4 Å². The van der Waals surface area contributed by atoms with Crippen LogP contribution in [0.1, 0.15) is 37.3 Å². The lowest BCUT2D eigenvalue weighted by Crippen LogP contribution is -2.46.